The smallest absolute Gasteiger partial charge is 0.267 e. The molecule has 0 spiro atoms. The van der Waals surface area contributed by atoms with E-state index in [2.05, 4.69) is 15.9 Å². The molecule has 1 aromatic heterocycles. The van der Waals surface area contributed by atoms with Crippen LogP contribution < -0.4 is 4.31 Å². The summed E-state index contributed by atoms with van der Waals surface area (Å²) in [5, 5.41) is 9.03. The fraction of sp³-hybridized carbons (Fsp3) is 0.0833. The van der Waals surface area contributed by atoms with Crippen LogP contribution in [0.4, 0.5) is 5.69 Å². The van der Waals surface area contributed by atoms with Gasteiger partial charge >= 0.3 is 0 Å². The molecular weight excluding hydrogens is 348 g/mol. The number of anilines is 1. The van der Waals surface area contributed by atoms with Crippen LogP contribution in [0.5, 0.6) is 0 Å². The Morgan fingerprint density at radius 1 is 1.26 bits per heavy atom. The molecule has 0 N–H and O–H groups in total. The predicted molar refractivity (Wildman–Crippen MR) is 78.8 cm³/mol. The zero-order chi connectivity index (χ0) is 14.0. The summed E-state index contributed by atoms with van der Waals surface area (Å²) in [7, 11) is -2.19. The minimum atomic E-state index is -3.63. The quantitative estimate of drug-likeness (QED) is 0.848. The molecule has 0 fully saturated rings. The number of rotatable bonds is 3. The van der Waals surface area contributed by atoms with Gasteiger partial charge < -0.3 is 0 Å². The van der Waals surface area contributed by atoms with Gasteiger partial charge in [0, 0.05) is 7.05 Å². The van der Waals surface area contributed by atoms with E-state index in [1.807, 2.05) is 6.07 Å². The lowest BCUT2D eigenvalue weighted by Crippen LogP contribution is -2.26. The molecule has 7 heteroatoms. The van der Waals surface area contributed by atoms with Gasteiger partial charge in [0.25, 0.3) is 10.0 Å². The standard InChI is InChI=1S/C12H9BrN2O2S2/c1-15(10-5-3-2-4-9(10)8-14)19(16,17)12-7-6-11(13)18-12/h2-7H,1H3. The summed E-state index contributed by atoms with van der Waals surface area (Å²) in [5.74, 6) is 0. The van der Waals surface area contributed by atoms with Crippen molar-refractivity contribution in [1.82, 2.24) is 0 Å². The van der Waals surface area contributed by atoms with E-state index in [0.29, 0.717) is 11.3 Å². The largest absolute Gasteiger partial charge is 0.273 e. The summed E-state index contributed by atoms with van der Waals surface area (Å²) in [6.07, 6.45) is 0. The maximum Gasteiger partial charge on any atom is 0.273 e. The van der Waals surface area contributed by atoms with E-state index in [0.717, 1.165) is 19.4 Å². The van der Waals surface area contributed by atoms with Crippen molar-refractivity contribution in [2.45, 2.75) is 4.21 Å². The summed E-state index contributed by atoms with van der Waals surface area (Å²) >= 11 is 4.38. The molecule has 0 aliphatic heterocycles. The van der Waals surface area contributed by atoms with E-state index in [-0.39, 0.29) is 4.21 Å². The summed E-state index contributed by atoms with van der Waals surface area (Å²) < 4.78 is 26.9. The Morgan fingerprint density at radius 3 is 2.53 bits per heavy atom. The van der Waals surface area contributed by atoms with Crippen molar-refractivity contribution in [3.63, 3.8) is 0 Å². The van der Waals surface area contributed by atoms with Gasteiger partial charge in [0.2, 0.25) is 0 Å². The summed E-state index contributed by atoms with van der Waals surface area (Å²) in [5.41, 5.74) is 0.693. The van der Waals surface area contributed by atoms with E-state index in [1.54, 1.807) is 30.3 Å². The molecule has 0 saturated carbocycles. The van der Waals surface area contributed by atoms with Gasteiger partial charge in [-0.05, 0) is 40.2 Å². The zero-order valence-corrected chi connectivity index (χ0v) is 13.1. The first-order valence-electron chi connectivity index (χ1n) is 5.20. The topological polar surface area (TPSA) is 61.2 Å². The molecule has 2 aromatic rings. The average Bonchev–Trinajstić information content (AvgIpc) is 2.85. The van der Waals surface area contributed by atoms with Crippen LogP contribution in [0, 0.1) is 11.3 Å². The zero-order valence-electron chi connectivity index (χ0n) is 9.87. The number of halogens is 1. The van der Waals surface area contributed by atoms with E-state index in [9.17, 15) is 8.42 Å². The van der Waals surface area contributed by atoms with Gasteiger partial charge in [0.1, 0.15) is 10.3 Å². The van der Waals surface area contributed by atoms with Crippen molar-refractivity contribution in [2.75, 3.05) is 11.4 Å². The van der Waals surface area contributed by atoms with Gasteiger partial charge in [-0.3, -0.25) is 4.31 Å². The summed E-state index contributed by atoms with van der Waals surface area (Å²) in [6, 6.07) is 11.8. The molecule has 0 saturated heterocycles. The fourth-order valence-corrected chi connectivity index (χ4v) is 4.94. The Hall–Kier alpha value is -1.36. The van der Waals surface area contributed by atoms with Crippen LogP contribution in [0.15, 0.2) is 44.4 Å². The third kappa shape index (κ3) is 2.66. The van der Waals surface area contributed by atoms with Gasteiger partial charge in [-0.15, -0.1) is 11.3 Å². The Balaban J connectivity index is 2.50. The third-order valence-electron chi connectivity index (χ3n) is 2.53. The highest BCUT2D eigenvalue weighted by atomic mass is 79.9. The van der Waals surface area contributed by atoms with Crippen LogP contribution in [0.1, 0.15) is 5.56 Å². The molecule has 4 nitrogen and oxygen atoms in total. The van der Waals surface area contributed by atoms with Crippen LogP contribution in [-0.2, 0) is 10.0 Å². The van der Waals surface area contributed by atoms with Crippen molar-refractivity contribution in [3.8, 4) is 6.07 Å². The highest BCUT2D eigenvalue weighted by Gasteiger charge is 2.24. The monoisotopic (exact) mass is 356 g/mol. The van der Waals surface area contributed by atoms with E-state index in [4.69, 9.17) is 5.26 Å². The second kappa shape index (κ2) is 5.33. The van der Waals surface area contributed by atoms with Crippen molar-refractivity contribution < 1.29 is 8.42 Å². The van der Waals surface area contributed by atoms with E-state index >= 15 is 0 Å². The van der Waals surface area contributed by atoms with Crippen LogP contribution in [0.2, 0.25) is 0 Å². The minimum absolute atomic E-state index is 0.231. The first-order chi connectivity index (χ1) is 8.96. The molecule has 0 aliphatic rings. The molecule has 0 aliphatic carbocycles. The molecule has 0 atom stereocenters. The van der Waals surface area contributed by atoms with Crippen LogP contribution in [0.25, 0.3) is 0 Å². The Labute approximate surface area is 124 Å². The number of hydrogen-bond acceptors (Lipinski definition) is 4. The number of benzene rings is 1. The number of hydrogen-bond donors (Lipinski definition) is 0. The Morgan fingerprint density at radius 2 is 1.95 bits per heavy atom. The maximum atomic E-state index is 12.4. The minimum Gasteiger partial charge on any atom is -0.267 e. The normalized spacial score (nSPS) is 11.0. The highest BCUT2D eigenvalue weighted by Crippen LogP contribution is 2.31. The predicted octanol–water partition coefficient (Wildman–Crippen LogP) is 3.21. The molecule has 2 rings (SSSR count). The molecule has 19 heavy (non-hydrogen) atoms. The molecule has 0 amide bonds. The van der Waals surface area contributed by atoms with Crippen molar-refractivity contribution in [2.24, 2.45) is 0 Å². The van der Waals surface area contributed by atoms with Gasteiger partial charge in [0.05, 0.1) is 15.0 Å². The molecule has 98 valence electrons. The highest BCUT2D eigenvalue weighted by molar-refractivity contribution is 9.11. The first kappa shape index (κ1) is 14.1. The van der Waals surface area contributed by atoms with Gasteiger partial charge in [-0.1, -0.05) is 12.1 Å². The molecule has 0 bridgehead atoms. The molecule has 1 aromatic carbocycles. The lowest BCUT2D eigenvalue weighted by molar-refractivity contribution is 0.596. The van der Waals surface area contributed by atoms with Crippen molar-refractivity contribution >= 4 is 43.0 Å². The molecule has 0 unspecified atom stereocenters. The Kier molecular flexibility index (Phi) is 3.94. The second-order valence-electron chi connectivity index (χ2n) is 3.66. The third-order valence-corrected chi connectivity index (χ3v) is 6.39. The summed E-state index contributed by atoms with van der Waals surface area (Å²) in [6.45, 7) is 0. The maximum absolute atomic E-state index is 12.4. The van der Waals surface area contributed by atoms with Crippen LogP contribution in [-0.4, -0.2) is 15.5 Å². The number of nitrogens with zero attached hydrogens (tertiary/aromatic N) is 2. The van der Waals surface area contributed by atoms with Crippen LogP contribution in [0.3, 0.4) is 0 Å². The van der Waals surface area contributed by atoms with Gasteiger partial charge in [-0.2, -0.15) is 5.26 Å². The van der Waals surface area contributed by atoms with E-state index < -0.39 is 10.0 Å². The fourth-order valence-electron chi connectivity index (χ4n) is 1.54. The molecule has 1 heterocycles. The van der Waals surface area contributed by atoms with Gasteiger partial charge in [0.15, 0.2) is 0 Å². The van der Waals surface area contributed by atoms with Gasteiger partial charge in [-0.25, -0.2) is 8.42 Å². The average molecular weight is 357 g/mol. The lowest BCUT2D eigenvalue weighted by atomic mass is 10.2. The number of nitriles is 1. The second-order valence-corrected chi connectivity index (χ2v) is 8.32. The lowest BCUT2D eigenvalue weighted by Gasteiger charge is -2.19. The molecule has 0 radical (unpaired) electrons. The first-order valence-corrected chi connectivity index (χ1v) is 8.25. The van der Waals surface area contributed by atoms with Crippen LogP contribution >= 0.6 is 27.3 Å². The van der Waals surface area contributed by atoms with Crippen molar-refractivity contribution in [1.29, 1.82) is 5.26 Å². The molecular formula is C12H9BrN2O2S2. The Bertz CT molecular complexity index is 747. The van der Waals surface area contributed by atoms with E-state index in [1.165, 1.54) is 13.1 Å². The summed E-state index contributed by atoms with van der Waals surface area (Å²) in [4.78, 5) is 0. The number of thiophene rings is 1. The number of para-hydroxylation sites is 1. The SMILES string of the molecule is CN(c1ccccc1C#N)S(=O)(=O)c1ccc(Br)s1. The number of sulfonamides is 1. The van der Waals surface area contributed by atoms with Crippen molar-refractivity contribution in [3.05, 3.63) is 45.7 Å².